The highest BCUT2D eigenvalue weighted by Gasteiger charge is 2.38. The molecule has 0 bridgehead atoms. The van der Waals surface area contributed by atoms with Crippen LogP contribution in [0.4, 0.5) is 17.1 Å². The monoisotopic (exact) mass is 607 g/mol. The lowest BCUT2D eigenvalue weighted by molar-refractivity contribution is 0.573. The lowest BCUT2D eigenvalue weighted by Crippen LogP contribution is -2.17. The fourth-order valence-corrected chi connectivity index (χ4v) is 7.99. The molecule has 2 nitrogen and oxygen atoms in total. The van der Waals surface area contributed by atoms with Crippen LogP contribution in [0.3, 0.4) is 0 Å². The van der Waals surface area contributed by atoms with E-state index in [4.69, 9.17) is 4.42 Å². The summed E-state index contributed by atoms with van der Waals surface area (Å²) >= 11 is 0. The number of benzene rings is 7. The van der Waals surface area contributed by atoms with Crippen molar-refractivity contribution in [1.82, 2.24) is 0 Å². The first-order valence-corrected chi connectivity index (χ1v) is 16.6. The van der Waals surface area contributed by atoms with E-state index >= 15 is 0 Å². The van der Waals surface area contributed by atoms with E-state index < -0.39 is 0 Å². The highest BCUT2D eigenvalue weighted by molar-refractivity contribution is 6.15. The maximum atomic E-state index is 6.96. The summed E-state index contributed by atoms with van der Waals surface area (Å²) in [5.41, 5.74) is 11.6. The molecule has 0 N–H and O–H groups in total. The molecule has 0 unspecified atom stereocenters. The van der Waals surface area contributed by atoms with Gasteiger partial charge in [-0.05, 0) is 80.2 Å². The zero-order valence-electron chi connectivity index (χ0n) is 27.6. The molecule has 0 saturated heterocycles. The molecule has 0 spiro atoms. The van der Waals surface area contributed by atoms with Gasteiger partial charge in [-0.3, -0.25) is 0 Å². The topological polar surface area (TPSA) is 16.4 Å². The number of hydrogen-bond donors (Lipinski definition) is 0. The highest BCUT2D eigenvalue weighted by atomic mass is 16.3. The maximum absolute atomic E-state index is 6.96. The minimum atomic E-state index is -0.178. The number of fused-ring (bicyclic) bond motifs is 9. The molecule has 0 fully saturated rings. The number of anilines is 3. The fraction of sp³-hybridized carbons (Fsp3) is 0.156. The molecule has 1 aliphatic carbocycles. The van der Waals surface area contributed by atoms with Gasteiger partial charge in [-0.2, -0.15) is 0 Å². The molecule has 0 amide bonds. The minimum absolute atomic E-state index is 0.0474. The lowest BCUT2D eigenvalue weighted by atomic mass is 9.81. The summed E-state index contributed by atoms with van der Waals surface area (Å²) in [5, 5.41) is 7.35. The summed E-state index contributed by atoms with van der Waals surface area (Å²) in [5.74, 6) is 0. The fourth-order valence-electron chi connectivity index (χ4n) is 7.99. The number of rotatable bonds is 3. The Hall–Kier alpha value is -5.34. The Labute approximate surface area is 275 Å². The predicted molar refractivity (Wildman–Crippen MR) is 200 cm³/mol. The van der Waals surface area contributed by atoms with Crippen molar-refractivity contribution >= 4 is 60.5 Å². The van der Waals surface area contributed by atoms with Gasteiger partial charge >= 0.3 is 0 Å². The van der Waals surface area contributed by atoms with Crippen molar-refractivity contribution in [1.29, 1.82) is 0 Å². The molecule has 1 aliphatic rings. The van der Waals surface area contributed by atoms with Crippen LogP contribution in [0.25, 0.3) is 54.6 Å². The Bertz CT molecular complexity index is 2530. The first-order chi connectivity index (χ1) is 22.7. The first-order valence-electron chi connectivity index (χ1n) is 16.6. The molecular weight excluding hydrogens is 571 g/mol. The van der Waals surface area contributed by atoms with Crippen LogP contribution in [-0.4, -0.2) is 0 Å². The van der Waals surface area contributed by atoms with Crippen molar-refractivity contribution in [3.8, 4) is 11.1 Å². The van der Waals surface area contributed by atoms with E-state index in [1.165, 1.54) is 49.4 Å². The molecule has 7 aromatic carbocycles. The van der Waals surface area contributed by atoms with Gasteiger partial charge in [-0.25, -0.2) is 0 Å². The zero-order chi connectivity index (χ0) is 32.1. The van der Waals surface area contributed by atoms with Gasteiger partial charge in [0.05, 0.1) is 11.4 Å². The molecule has 2 heteroatoms. The smallest absolute Gasteiger partial charge is 0.159 e. The Morgan fingerprint density at radius 1 is 0.532 bits per heavy atom. The largest absolute Gasteiger partial charge is 0.454 e. The second kappa shape index (κ2) is 9.83. The quantitative estimate of drug-likeness (QED) is 0.199. The number of hydrogen-bond acceptors (Lipinski definition) is 2. The van der Waals surface area contributed by atoms with Crippen LogP contribution in [0.2, 0.25) is 0 Å². The molecular formula is C45H37NO. The lowest BCUT2D eigenvalue weighted by Gasteiger charge is -2.29. The summed E-state index contributed by atoms with van der Waals surface area (Å²) in [6.45, 7) is 11.5. The maximum Gasteiger partial charge on any atom is 0.159 e. The molecule has 0 saturated carbocycles. The second-order valence-corrected chi connectivity index (χ2v) is 14.6. The van der Waals surface area contributed by atoms with Crippen molar-refractivity contribution in [2.45, 2.75) is 45.4 Å². The first kappa shape index (κ1) is 27.9. The van der Waals surface area contributed by atoms with Gasteiger partial charge in [0, 0.05) is 32.8 Å². The van der Waals surface area contributed by atoms with Crippen molar-refractivity contribution in [2.75, 3.05) is 4.90 Å². The van der Waals surface area contributed by atoms with Crippen molar-refractivity contribution in [3.05, 3.63) is 150 Å². The van der Waals surface area contributed by atoms with Crippen molar-refractivity contribution in [2.24, 2.45) is 0 Å². The van der Waals surface area contributed by atoms with E-state index in [-0.39, 0.29) is 10.8 Å². The summed E-state index contributed by atoms with van der Waals surface area (Å²) < 4.78 is 6.96. The van der Waals surface area contributed by atoms with Crippen LogP contribution in [0.15, 0.2) is 138 Å². The van der Waals surface area contributed by atoms with E-state index in [9.17, 15) is 0 Å². The van der Waals surface area contributed by atoms with Gasteiger partial charge in [0.1, 0.15) is 5.58 Å². The molecule has 0 atom stereocenters. The molecule has 47 heavy (non-hydrogen) atoms. The van der Waals surface area contributed by atoms with E-state index in [2.05, 4.69) is 173 Å². The summed E-state index contributed by atoms with van der Waals surface area (Å²) in [6, 6.07) is 48.8. The third-order valence-electron chi connectivity index (χ3n) is 10.3. The van der Waals surface area contributed by atoms with Gasteiger partial charge in [0.25, 0.3) is 0 Å². The number of para-hydroxylation sites is 3. The molecule has 9 rings (SSSR count). The standard InChI is InChI=1S/C45H37NO/c1-44(2,3)36-23-13-21-33-34-22-14-24-39(43(34)47-42(33)36)46(30-17-7-6-8-18-30)40-27-38-41(32-20-12-11-19-31(32)40)35-25-28-15-9-10-16-29(28)26-37(35)45(38,4)5/h6-27H,1-5H3. The Kier molecular flexibility index (Phi) is 5.84. The number of nitrogens with zero attached hydrogens (tertiary/aromatic N) is 1. The molecule has 228 valence electrons. The van der Waals surface area contributed by atoms with Crippen LogP contribution < -0.4 is 4.90 Å². The third kappa shape index (κ3) is 4.04. The molecule has 8 aromatic rings. The SMILES string of the molecule is CC(C)(C)c1cccc2c1oc1c(N(c3ccccc3)c3cc4c(c5ccccc35)-c3cc5ccccc5cc3C4(C)C)cccc12. The average molecular weight is 608 g/mol. The Morgan fingerprint density at radius 2 is 1.15 bits per heavy atom. The summed E-state index contributed by atoms with van der Waals surface area (Å²) in [4.78, 5) is 2.42. The zero-order valence-corrected chi connectivity index (χ0v) is 27.6. The molecule has 1 heterocycles. The van der Waals surface area contributed by atoms with Gasteiger partial charge in [-0.15, -0.1) is 0 Å². The van der Waals surface area contributed by atoms with E-state index in [1.54, 1.807) is 0 Å². The Morgan fingerprint density at radius 3 is 1.89 bits per heavy atom. The van der Waals surface area contributed by atoms with Crippen LogP contribution in [0, 0.1) is 0 Å². The van der Waals surface area contributed by atoms with Gasteiger partial charge < -0.3 is 9.32 Å². The summed E-state index contributed by atoms with van der Waals surface area (Å²) in [7, 11) is 0. The molecule has 0 radical (unpaired) electrons. The number of furan rings is 1. The van der Waals surface area contributed by atoms with E-state index in [0.29, 0.717) is 0 Å². The molecule has 0 aliphatic heterocycles. The van der Waals surface area contributed by atoms with Gasteiger partial charge in [0.15, 0.2) is 5.58 Å². The van der Waals surface area contributed by atoms with Gasteiger partial charge in [0.2, 0.25) is 0 Å². The Balaban J connectivity index is 1.37. The van der Waals surface area contributed by atoms with E-state index in [0.717, 1.165) is 39.0 Å². The predicted octanol–water partition coefficient (Wildman–Crippen LogP) is 13.0. The van der Waals surface area contributed by atoms with Crippen molar-refractivity contribution in [3.63, 3.8) is 0 Å². The highest BCUT2D eigenvalue weighted by Crippen LogP contribution is 2.56. The van der Waals surface area contributed by atoms with Crippen LogP contribution in [0.1, 0.15) is 51.3 Å². The summed E-state index contributed by atoms with van der Waals surface area (Å²) in [6.07, 6.45) is 0. The second-order valence-electron chi connectivity index (χ2n) is 14.6. The third-order valence-corrected chi connectivity index (χ3v) is 10.3. The van der Waals surface area contributed by atoms with Crippen LogP contribution in [0.5, 0.6) is 0 Å². The van der Waals surface area contributed by atoms with Crippen LogP contribution >= 0.6 is 0 Å². The molecule has 1 aromatic heterocycles. The van der Waals surface area contributed by atoms with Crippen LogP contribution in [-0.2, 0) is 10.8 Å². The van der Waals surface area contributed by atoms with Crippen molar-refractivity contribution < 1.29 is 4.42 Å². The van der Waals surface area contributed by atoms with E-state index in [1.807, 2.05) is 0 Å². The van der Waals surface area contributed by atoms with Gasteiger partial charge in [-0.1, -0.05) is 132 Å². The minimum Gasteiger partial charge on any atom is -0.454 e. The average Bonchev–Trinajstić information content (AvgIpc) is 3.56. The normalized spacial score (nSPS) is 13.8.